The second kappa shape index (κ2) is 68.7. The van der Waals surface area contributed by atoms with Crippen molar-refractivity contribution in [2.45, 2.75) is 421 Å². The van der Waals surface area contributed by atoms with Crippen molar-refractivity contribution >= 4 is 11.8 Å². The van der Waals surface area contributed by atoms with E-state index in [1.165, 1.54) is 295 Å². The van der Waals surface area contributed by atoms with Gasteiger partial charge in [-0.25, -0.2) is 0 Å². The fraction of sp³-hybridized carbons (Fsp3) is 0.974. The van der Waals surface area contributed by atoms with Gasteiger partial charge in [-0.05, 0) is 56.3 Å². The summed E-state index contributed by atoms with van der Waals surface area (Å²) in [6.45, 7) is 19.3. The van der Waals surface area contributed by atoms with E-state index in [-0.39, 0.29) is 44.0 Å². The maximum Gasteiger partial charge on any atom is 0.226 e. The second-order valence-electron chi connectivity index (χ2n) is 27.5. The van der Waals surface area contributed by atoms with Crippen molar-refractivity contribution in [3.63, 3.8) is 0 Å². The van der Waals surface area contributed by atoms with E-state index in [1.807, 2.05) is 9.80 Å². The first-order chi connectivity index (χ1) is 41.5. The van der Waals surface area contributed by atoms with Gasteiger partial charge in [0.25, 0.3) is 0 Å². The van der Waals surface area contributed by atoms with E-state index in [0.29, 0.717) is 31.3 Å². The zero-order valence-corrected chi connectivity index (χ0v) is 59.1. The molecule has 2 amide bonds. The molecule has 0 saturated carbocycles. The van der Waals surface area contributed by atoms with E-state index in [4.69, 9.17) is 0 Å². The Bertz CT molecular complexity index is 1320. The number of aliphatic hydroxyl groups is 4. The Morgan fingerprint density at radius 3 is 0.965 bits per heavy atom. The van der Waals surface area contributed by atoms with Gasteiger partial charge in [0.05, 0.1) is 25.4 Å². The maximum absolute atomic E-state index is 13.7. The molecule has 8 heteroatoms. The third-order valence-corrected chi connectivity index (χ3v) is 19.0. The molecule has 0 fully saturated rings. The quantitative estimate of drug-likeness (QED) is 0.0450. The average molecular weight is 1210 g/mol. The number of hydrogen-bond donors (Lipinski definition) is 4. The summed E-state index contributed by atoms with van der Waals surface area (Å²) in [5.74, 6) is 1.97. The van der Waals surface area contributed by atoms with Crippen molar-refractivity contribution in [2.75, 3.05) is 39.4 Å². The summed E-state index contributed by atoms with van der Waals surface area (Å²) >= 11 is 0. The highest BCUT2D eigenvalue weighted by molar-refractivity contribution is 5.79. The second-order valence-corrected chi connectivity index (χ2v) is 27.5. The standard InChI is InChI=1S/C41H83NO3.C36H73NO3/c1-5-8-10-12-14-15-16-17-18-19-20-21-22-23-24-25-26-28-30-32-34-40(38(4)33-31-29-27-13-11-9-6-2)41(45)42(35-7-3)36-39(44)37-43;1-5-9-11-13-14-15-16-17-18-19-20-21-23-26-33(8-4)30-36(40)37(31-35(39)32-38)29-24-28-34(25-7-3)27-22-12-10-6-2/h38-40,43-44H,5-37H2,1-4H3;33-35,38-39H,5-32H2,1-4H3. The molecule has 85 heavy (non-hydrogen) atoms. The number of aliphatic hydroxyl groups excluding tert-OH is 4. The molecule has 0 aliphatic heterocycles. The lowest BCUT2D eigenvalue weighted by Gasteiger charge is -2.31. The van der Waals surface area contributed by atoms with Crippen molar-refractivity contribution in [2.24, 2.45) is 23.7 Å². The predicted molar refractivity (Wildman–Crippen MR) is 373 cm³/mol. The minimum absolute atomic E-state index is 0.0399. The summed E-state index contributed by atoms with van der Waals surface area (Å²) in [4.78, 5) is 30.7. The number of carbonyl (C=O) groups is 2. The Hall–Kier alpha value is -1.22. The number of nitrogens with zero attached hydrogens (tertiary/aromatic N) is 2. The van der Waals surface area contributed by atoms with Crippen LogP contribution in [0.3, 0.4) is 0 Å². The Balaban J connectivity index is 0. The van der Waals surface area contributed by atoms with Crippen LogP contribution in [-0.2, 0) is 9.59 Å². The molecule has 0 saturated heterocycles. The van der Waals surface area contributed by atoms with Gasteiger partial charge < -0.3 is 30.2 Å². The van der Waals surface area contributed by atoms with Crippen LogP contribution in [0.25, 0.3) is 0 Å². The van der Waals surface area contributed by atoms with Gasteiger partial charge in [-0.2, -0.15) is 0 Å². The summed E-state index contributed by atoms with van der Waals surface area (Å²) in [5.41, 5.74) is 0. The SMILES string of the molecule is CCCCCCCCCCCCCCCC(CC)CC(=O)N(CCCC(CCC)CCCCCC)CC(O)CO.CCCCCCCCCCCCCCCCCCCCCCC(C(=O)N(CCC)CC(O)CO)C(C)CCCCCCCCC. The molecule has 6 unspecified atom stereocenters. The van der Waals surface area contributed by atoms with Gasteiger partial charge in [0, 0.05) is 38.5 Å². The van der Waals surface area contributed by atoms with E-state index in [1.54, 1.807) is 0 Å². The van der Waals surface area contributed by atoms with Crippen LogP contribution in [0.5, 0.6) is 0 Å². The van der Waals surface area contributed by atoms with Crippen molar-refractivity contribution in [3.8, 4) is 0 Å². The molecular formula is C77H156N2O6. The lowest BCUT2D eigenvalue weighted by atomic mass is 9.84. The minimum atomic E-state index is -0.848. The van der Waals surface area contributed by atoms with Crippen LogP contribution in [0.2, 0.25) is 0 Å². The van der Waals surface area contributed by atoms with Crippen LogP contribution in [0.4, 0.5) is 0 Å². The number of amides is 2. The van der Waals surface area contributed by atoms with Gasteiger partial charge in [-0.1, -0.05) is 364 Å². The third-order valence-electron chi connectivity index (χ3n) is 19.0. The molecule has 0 aliphatic carbocycles. The normalized spacial score (nSPS) is 13.7. The van der Waals surface area contributed by atoms with Gasteiger partial charge >= 0.3 is 0 Å². The van der Waals surface area contributed by atoms with Gasteiger partial charge in [-0.15, -0.1) is 0 Å². The smallest absolute Gasteiger partial charge is 0.226 e. The monoisotopic (exact) mass is 1210 g/mol. The molecule has 0 heterocycles. The summed E-state index contributed by atoms with van der Waals surface area (Å²) in [6.07, 6.45) is 69.9. The van der Waals surface area contributed by atoms with Crippen molar-refractivity contribution < 1.29 is 30.0 Å². The summed E-state index contributed by atoms with van der Waals surface area (Å²) < 4.78 is 0. The molecule has 6 atom stereocenters. The molecule has 0 rings (SSSR count). The zero-order chi connectivity index (χ0) is 62.9. The third kappa shape index (κ3) is 57.7. The lowest BCUT2D eigenvalue weighted by Crippen LogP contribution is -2.44. The van der Waals surface area contributed by atoms with Crippen LogP contribution >= 0.6 is 0 Å². The molecule has 0 aliphatic rings. The van der Waals surface area contributed by atoms with E-state index >= 15 is 0 Å². The molecule has 0 aromatic heterocycles. The van der Waals surface area contributed by atoms with Gasteiger partial charge in [0.15, 0.2) is 0 Å². The first-order valence-electron chi connectivity index (χ1n) is 38.7. The van der Waals surface area contributed by atoms with Crippen molar-refractivity contribution in [3.05, 3.63) is 0 Å². The van der Waals surface area contributed by atoms with Gasteiger partial charge in [-0.3, -0.25) is 9.59 Å². The van der Waals surface area contributed by atoms with E-state index in [2.05, 4.69) is 55.4 Å². The van der Waals surface area contributed by atoms with Crippen LogP contribution in [-0.4, -0.2) is 93.6 Å². The number of unbranched alkanes of at least 4 members (excludes halogenated alkanes) is 40. The van der Waals surface area contributed by atoms with Crippen molar-refractivity contribution in [1.29, 1.82) is 0 Å². The van der Waals surface area contributed by atoms with Gasteiger partial charge in [0.2, 0.25) is 11.8 Å². The molecule has 0 aromatic carbocycles. The zero-order valence-electron chi connectivity index (χ0n) is 59.1. The largest absolute Gasteiger partial charge is 0.394 e. The van der Waals surface area contributed by atoms with Crippen LogP contribution in [0, 0.1) is 23.7 Å². The Kier molecular flexibility index (Phi) is 69.4. The summed E-state index contributed by atoms with van der Waals surface area (Å²) in [7, 11) is 0. The fourth-order valence-corrected chi connectivity index (χ4v) is 13.2. The number of hydrogen-bond acceptors (Lipinski definition) is 6. The van der Waals surface area contributed by atoms with Gasteiger partial charge in [0.1, 0.15) is 0 Å². The average Bonchev–Trinajstić information content (AvgIpc) is 3.62. The molecule has 0 bridgehead atoms. The van der Waals surface area contributed by atoms with E-state index in [9.17, 15) is 30.0 Å². The fourth-order valence-electron chi connectivity index (χ4n) is 13.2. The maximum atomic E-state index is 13.7. The lowest BCUT2D eigenvalue weighted by molar-refractivity contribution is -0.139. The topological polar surface area (TPSA) is 122 Å². The molecule has 510 valence electrons. The highest BCUT2D eigenvalue weighted by atomic mass is 16.3. The van der Waals surface area contributed by atoms with Crippen LogP contribution in [0.1, 0.15) is 409 Å². The molecule has 4 N–H and O–H groups in total. The Morgan fingerprint density at radius 2 is 0.624 bits per heavy atom. The Labute approximate surface area is 533 Å². The van der Waals surface area contributed by atoms with E-state index < -0.39 is 12.2 Å². The minimum Gasteiger partial charge on any atom is -0.394 e. The molecule has 0 spiro atoms. The van der Waals surface area contributed by atoms with Crippen molar-refractivity contribution in [1.82, 2.24) is 9.80 Å². The predicted octanol–water partition coefficient (Wildman–Crippen LogP) is 22.4. The highest BCUT2D eigenvalue weighted by Gasteiger charge is 2.29. The molecule has 8 nitrogen and oxygen atoms in total. The molecular weight excluding hydrogens is 1050 g/mol. The first-order valence-corrected chi connectivity index (χ1v) is 38.7. The molecule has 0 radical (unpaired) electrons. The highest BCUT2D eigenvalue weighted by Crippen LogP contribution is 2.29. The van der Waals surface area contributed by atoms with Crippen LogP contribution < -0.4 is 0 Å². The number of carbonyl (C=O) groups excluding carboxylic acids is 2. The molecule has 0 aromatic rings. The van der Waals surface area contributed by atoms with Crippen LogP contribution in [0.15, 0.2) is 0 Å². The first kappa shape index (κ1) is 85.8. The summed E-state index contributed by atoms with van der Waals surface area (Å²) in [5, 5.41) is 39.0. The number of rotatable bonds is 67. The Morgan fingerprint density at radius 1 is 0.318 bits per heavy atom. The summed E-state index contributed by atoms with van der Waals surface area (Å²) in [6, 6.07) is 0. The van der Waals surface area contributed by atoms with E-state index in [0.717, 1.165) is 57.3 Å².